The van der Waals surface area contributed by atoms with Gasteiger partial charge in [0.2, 0.25) is 0 Å². The minimum absolute atomic E-state index is 0.00636. The summed E-state index contributed by atoms with van der Waals surface area (Å²) in [5.74, 6) is -0.928. The van der Waals surface area contributed by atoms with Gasteiger partial charge >= 0.3 is 24.5 Å². The molecule has 1 aliphatic rings. The average Bonchev–Trinajstić information content (AvgIpc) is 3.41. The van der Waals surface area contributed by atoms with Crippen LogP contribution in [0.5, 0.6) is 0 Å². The second-order valence-corrected chi connectivity index (χ2v) is 11.7. The van der Waals surface area contributed by atoms with Gasteiger partial charge < -0.3 is 14.9 Å². The van der Waals surface area contributed by atoms with Gasteiger partial charge in [-0.25, -0.2) is 0 Å². The molecular formula is C30H33F9N6O2. The van der Waals surface area contributed by atoms with E-state index in [9.17, 15) is 44.3 Å². The van der Waals surface area contributed by atoms with Crippen LogP contribution >= 0.6 is 0 Å². The molecule has 47 heavy (non-hydrogen) atoms. The number of carboxylic acids is 1. The van der Waals surface area contributed by atoms with E-state index in [1.165, 1.54) is 18.0 Å². The van der Waals surface area contributed by atoms with Crippen LogP contribution in [0.25, 0.3) is 0 Å². The molecule has 3 aromatic rings. The van der Waals surface area contributed by atoms with Crippen LogP contribution in [0.2, 0.25) is 0 Å². The van der Waals surface area contributed by atoms with Gasteiger partial charge in [0.25, 0.3) is 5.95 Å². The minimum Gasteiger partial charge on any atom is -0.481 e. The predicted octanol–water partition coefficient (Wildman–Crippen LogP) is 7.58. The molecule has 1 N–H and O–H groups in total. The molecule has 0 aliphatic heterocycles. The molecule has 0 radical (unpaired) electrons. The highest BCUT2D eigenvalue weighted by molar-refractivity contribution is 5.67. The number of nitrogens with zero attached hydrogens (tertiary/aromatic N) is 6. The fourth-order valence-corrected chi connectivity index (χ4v) is 5.91. The summed E-state index contributed by atoms with van der Waals surface area (Å²) in [6, 6.07) is 4.20. The van der Waals surface area contributed by atoms with Crippen molar-refractivity contribution in [1.29, 1.82) is 0 Å². The number of hydrogen-bond acceptors (Lipinski definition) is 6. The van der Waals surface area contributed by atoms with Gasteiger partial charge in [-0.15, -0.1) is 5.10 Å². The lowest BCUT2D eigenvalue weighted by molar-refractivity contribution is -0.143. The first kappa shape index (κ1) is 35.8. The van der Waals surface area contributed by atoms with E-state index in [1.54, 1.807) is 6.92 Å². The zero-order chi connectivity index (χ0) is 34.7. The van der Waals surface area contributed by atoms with Crippen molar-refractivity contribution in [2.75, 3.05) is 22.9 Å². The second kappa shape index (κ2) is 14.0. The van der Waals surface area contributed by atoms with Gasteiger partial charge in [-0.05, 0) is 97.2 Å². The van der Waals surface area contributed by atoms with Crippen LogP contribution in [-0.2, 0) is 43.5 Å². The molecule has 0 unspecified atom stereocenters. The highest BCUT2D eigenvalue weighted by atomic mass is 19.4. The molecule has 1 saturated carbocycles. The van der Waals surface area contributed by atoms with E-state index < -0.39 is 59.8 Å². The Morgan fingerprint density at radius 2 is 1.40 bits per heavy atom. The molecule has 1 heterocycles. The highest BCUT2D eigenvalue weighted by Crippen LogP contribution is 2.39. The van der Waals surface area contributed by atoms with E-state index in [0.717, 1.165) is 29.8 Å². The van der Waals surface area contributed by atoms with Gasteiger partial charge in [0.15, 0.2) is 0 Å². The van der Waals surface area contributed by atoms with E-state index in [2.05, 4.69) is 15.4 Å². The third-order valence-corrected chi connectivity index (χ3v) is 8.20. The van der Waals surface area contributed by atoms with Gasteiger partial charge in [-0.3, -0.25) is 4.79 Å². The van der Waals surface area contributed by atoms with Crippen molar-refractivity contribution in [2.45, 2.75) is 70.6 Å². The maximum atomic E-state index is 13.9. The molecule has 0 saturated heterocycles. The van der Waals surface area contributed by atoms with Gasteiger partial charge in [0.05, 0.1) is 23.7 Å². The lowest BCUT2D eigenvalue weighted by atomic mass is 9.80. The summed E-state index contributed by atoms with van der Waals surface area (Å²) in [4.78, 5) is 15.2. The molecule has 17 heteroatoms. The molecule has 8 nitrogen and oxygen atoms in total. The molecular weight excluding hydrogens is 647 g/mol. The van der Waals surface area contributed by atoms with Crippen molar-refractivity contribution in [3.05, 3.63) is 64.2 Å². The summed E-state index contributed by atoms with van der Waals surface area (Å²) >= 11 is 0. The van der Waals surface area contributed by atoms with Crippen molar-refractivity contribution < 1.29 is 49.4 Å². The number of carboxylic acid groups (broad SMARTS) is 1. The maximum absolute atomic E-state index is 13.9. The number of halogens is 9. The van der Waals surface area contributed by atoms with Crippen LogP contribution in [0.15, 0.2) is 36.4 Å². The standard InChI is InChI=1S/C30H33F9N6O2/c1-3-44(15-19-6-4-18(5-7-19)12-26(46)47)25-9-8-22(28(31,32)33)13-21(25)17-45(27-40-42-43(2)41-27)16-20-10-23(29(34,35)36)14-24(11-20)30(37,38)39/h8-11,13-14,18-19H,3-7,12,15-17H2,1-2H3,(H,46,47). The summed E-state index contributed by atoms with van der Waals surface area (Å²) in [6.07, 6.45) is -12.1. The number of tetrazole rings is 1. The molecule has 4 rings (SSSR count). The van der Waals surface area contributed by atoms with Crippen LogP contribution in [0.1, 0.15) is 66.8 Å². The number of anilines is 2. The molecule has 258 valence electrons. The van der Waals surface area contributed by atoms with Crippen LogP contribution in [0, 0.1) is 11.8 Å². The zero-order valence-corrected chi connectivity index (χ0v) is 25.4. The first-order valence-corrected chi connectivity index (χ1v) is 14.8. The Balaban J connectivity index is 1.72. The molecule has 0 bridgehead atoms. The largest absolute Gasteiger partial charge is 0.481 e. The quantitative estimate of drug-likeness (QED) is 0.209. The van der Waals surface area contributed by atoms with Crippen molar-refractivity contribution in [2.24, 2.45) is 18.9 Å². The van der Waals surface area contributed by atoms with Crippen molar-refractivity contribution in [3.8, 4) is 0 Å². The van der Waals surface area contributed by atoms with E-state index >= 15 is 0 Å². The van der Waals surface area contributed by atoms with Crippen molar-refractivity contribution >= 4 is 17.6 Å². The summed E-state index contributed by atoms with van der Waals surface area (Å²) in [6.45, 7) is 1.60. The lowest BCUT2D eigenvalue weighted by Crippen LogP contribution is -2.33. The van der Waals surface area contributed by atoms with E-state index in [4.69, 9.17) is 5.11 Å². The van der Waals surface area contributed by atoms with Gasteiger partial charge in [0.1, 0.15) is 0 Å². The van der Waals surface area contributed by atoms with Crippen molar-refractivity contribution in [3.63, 3.8) is 0 Å². The molecule has 1 aromatic heterocycles. The smallest absolute Gasteiger partial charge is 0.416 e. The van der Waals surface area contributed by atoms with Crippen LogP contribution in [-0.4, -0.2) is 44.4 Å². The first-order chi connectivity index (χ1) is 21.8. The summed E-state index contributed by atoms with van der Waals surface area (Å²) < 4.78 is 123. The molecule has 0 atom stereocenters. The molecule has 1 aliphatic carbocycles. The Morgan fingerprint density at radius 1 is 0.830 bits per heavy atom. The molecule has 0 spiro atoms. The number of carbonyl (C=O) groups is 1. The molecule has 2 aromatic carbocycles. The van der Waals surface area contributed by atoms with Gasteiger partial charge in [-0.1, -0.05) is 5.10 Å². The SMILES string of the molecule is CCN(CC1CCC(CC(=O)O)CC1)c1ccc(C(F)(F)F)cc1CN(Cc1cc(C(F)(F)F)cc(C(F)(F)F)c1)c1nnn(C)n1. The Kier molecular flexibility index (Phi) is 10.6. The monoisotopic (exact) mass is 680 g/mol. The Hall–Kier alpha value is -4.05. The number of aryl methyl sites for hydroxylation is 1. The average molecular weight is 681 g/mol. The number of benzene rings is 2. The molecule has 0 amide bonds. The maximum Gasteiger partial charge on any atom is 0.416 e. The summed E-state index contributed by atoms with van der Waals surface area (Å²) in [7, 11) is 1.38. The normalized spacial score (nSPS) is 17.5. The summed E-state index contributed by atoms with van der Waals surface area (Å²) in [5, 5.41) is 20.7. The Bertz CT molecular complexity index is 1500. The minimum atomic E-state index is -5.10. The zero-order valence-electron chi connectivity index (χ0n) is 25.4. The first-order valence-electron chi connectivity index (χ1n) is 14.8. The number of hydrogen-bond donors (Lipinski definition) is 1. The van der Waals surface area contributed by atoms with Crippen LogP contribution < -0.4 is 9.80 Å². The lowest BCUT2D eigenvalue weighted by Gasteiger charge is -2.35. The van der Waals surface area contributed by atoms with E-state index in [0.29, 0.717) is 43.8 Å². The van der Waals surface area contributed by atoms with Crippen LogP contribution in [0.4, 0.5) is 51.1 Å². The molecule has 1 fully saturated rings. The topological polar surface area (TPSA) is 87.4 Å². The number of aliphatic carboxylic acids is 1. The van der Waals surface area contributed by atoms with E-state index in [1.807, 2.05) is 4.90 Å². The summed E-state index contributed by atoms with van der Waals surface area (Å²) in [5.41, 5.74) is -4.00. The number of aromatic nitrogens is 4. The Labute approximate surface area is 264 Å². The third kappa shape index (κ3) is 9.50. The number of rotatable bonds is 11. The fraction of sp³-hybridized carbons (Fsp3) is 0.533. The highest BCUT2D eigenvalue weighted by Gasteiger charge is 2.37. The predicted molar refractivity (Wildman–Crippen MR) is 152 cm³/mol. The second-order valence-electron chi connectivity index (χ2n) is 11.7. The third-order valence-electron chi connectivity index (χ3n) is 8.20. The number of alkyl halides is 9. The van der Waals surface area contributed by atoms with Crippen molar-refractivity contribution in [1.82, 2.24) is 20.2 Å². The van der Waals surface area contributed by atoms with Crippen LogP contribution in [0.3, 0.4) is 0 Å². The van der Waals surface area contributed by atoms with E-state index in [-0.39, 0.29) is 35.8 Å². The fourth-order valence-electron chi connectivity index (χ4n) is 5.91. The van der Waals surface area contributed by atoms with Gasteiger partial charge in [0, 0.05) is 38.3 Å². The van der Waals surface area contributed by atoms with Gasteiger partial charge in [-0.2, -0.15) is 44.3 Å². The Morgan fingerprint density at radius 3 is 1.89 bits per heavy atom.